The SMILES string of the molecule is CN(C)CCN1[C@H]2CCN(Cc3ccccn3)CC[C@@H]2Oc2ccccc2S1(=O)=O. The van der Waals surface area contributed by atoms with Crippen molar-refractivity contribution in [2.75, 3.05) is 40.3 Å². The number of ether oxygens (including phenoxy) is 1. The van der Waals surface area contributed by atoms with Gasteiger partial charge in [-0.05, 0) is 51.2 Å². The highest BCUT2D eigenvalue weighted by Crippen LogP contribution is 2.36. The van der Waals surface area contributed by atoms with Gasteiger partial charge in [-0.1, -0.05) is 18.2 Å². The third-order valence-electron chi connectivity index (χ3n) is 5.86. The number of benzene rings is 1. The fraction of sp³-hybridized carbons (Fsp3) is 0.500. The number of pyridine rings is 1. The van der Waals surface area contributed by atoms with E-state index in [1.807, 2.05) is 49.5 Å². The third-order valence-corrected chi connectivity index (χ3v) is 7.83. The standard InChI is InChI=1S/C22H30N4O3S/c1-24(2)15-16-26-19-10-13-25(17-18-7-5-6-12-23-18)14-11-20(19)29-21-8-3-4-9-22(21)30(26,27)28/h3-9,12,19-20H,10-11,13-17H2,1-2H3/t19-,20-/m0/s1. The molecule has 0 spiro atoms. The average molecular weight is 431 g/mol. The maximum atomic E-state index is 13.6. The minimum Gasteiger partial charge on any atom is -0.487 e. The number of likely N-dealkylation sites (N-methyl/N-ethyl adjacent to an activating group) is 1. The summed E-state index contributed by atoms with van der Waals surface area (Å²) >= 11 is 0. The van der Waals surface area contributed by atoms with Crippen molar-refractivity contribution in [2.45, 2.75) is 36.4 Å². The van der Waals surface area contributed by atoms with E-state index in [1.54, 1.807) is 22.5 Å². The van der Waals surface area contributed by atoms with Crippen LogP contribution >= 0.6 is 0 Å². The Kier molecular flexibility index (Phi) is 6.38. The van der Waals surface area contributed by atoms with E-state index in [1.165, 1.54) is 0 Å². The fourth-order valence-corrected chi connectivity index (χ4v) is 6.07. The fourth-order valence-electron chi connectivity index (χ4n) is 4.27. The van der Waals surface area contributed by atoms with E-state index in [9.17, 15) is 8.42 Å². The number of sulfonamides is 1. The van der Waals surface area contributed by atoms with Crippen molar-refractivity contribution in [1.82, 2.24) is 19.1 Å². The van der Waals surface area contributed by atoms with Gasteiger partial charge in [0.25, 0.3) is 0 Å². The molecule has 8 heteroatoms. The second-order valence-corrected chi connectivity index (χ2v) is 10.1. The van der Waals surface area contributed by atoms with Crippen LogP contribution in [-0.4, -0.2) is 79.9 Å². The quantitative estimate of drug-likeness (QED) is 0.724. The molecule has 0 saturated carbocycles. The summed E-state index contributed by atoms with van der Waals surface area (Å²) in [5, 5.41) is 0. The summed E-state index contributed by atoms with van der Waals surface area (Å²) < 4.78 is 35.2. The number of likely N-dealkylation sites (tertiary alicyclic amines) is 1. The zero-order valence-electron chi connectivity index (χ0n) is 17.6. The summed E-state index contributed by atoms with van der Waals surface area (Å²) in [6.07, 6.45) is 3.16. The molecule has 162 valence electrons. The van der Waals surface area contributed by atoms with E-state index in [0.29, 0.717) is 18.8 Å². The molecule has 7 nitrogen and oxygen atoms in total. The molecular weight excluding hydrogens is 400 g/mol. The number of aromatic nitrogens is 1. The Morgan fingerprint density at radius 3 is 2.63 bits per heavy atom. The van der Waals surface area contributed by atoms with Crippen LogP contribution in [0, 0.1) is 0 Å². The molecule has 3 heterocycles. The molecule has 2 aliphatic heterocycles. The Hall–Kier alpha value is -2.00. The molecule has 1 aromatic heterocycles. The molecule has 0 radical (unpaired) electrons. The molecule has 1 saturated heterocycles. The topological polar surface area (TPSA) is 66.0 Å². The van der Waals surface area contributed by atoms with Crippen LogP contribution in [-0.2, 0) is 16.6 Å². The number of hydrogen-bond acceptors (Lipinski definition) is 6. The molecule has 0 amide bonds. The molecular formula is C22H30N4O3S. The normalized spacial score (nSPS) is 24.4. The van der Waals surface area contributed by atoms with Crippen LogP contribution in [0.5, 0.6) is 5.75 Å². The Morgan fingerprint density at radius 2 is 1.87 bits per heavy atom. The van der Waals surface area contributed by atoms with Crippen molar-refractivity contribution in [3.05, 3.63) is 54.4 Å². The zero-order valence-corrected chi connectivity index (χ0v) is 18.5. The molecule has 0 N–H and O–H groups in total. The lowest BCUT2D eigenvalue weighted by molar-refractivity contribution is 0.110. The second kappa shape index (κ2) is 9.01. The van der Waals surface area contributed by atoms with Crippen molar-refractivity contribution in [3.63, 3.8) is 0 Å². The Labute approximate surface area is 179 Å². The van der Waals surface area contributed by atoms with E-state index < -0.39 is 10.0 Å². The van der Waals surface area contributed by atoms with Gasteiger partial charge in [-0.25, -0.2) is 8.42 Å². The highest BCUT2D eigenvalue weighted by Gasteiger charge is 2.43. The highest BCUT2D eigenvalue weighted by molar-refractivity contribution is 7.89. The first-order valence-corrected chi connectivity index (χ1v) is 11.9. The molecule has 2 atom stereocenters. The lowest BCUT2D eigenvalue weighted by Crippen LogP contribution is -2.49. The Balaban J connectivity index is 1.62. The van der Waals surface area contributed by atoms with Gasteiger partial charge in [-0.3, -0.25) is 9.88 Å². The van der Waals surface area contributed by atoms with E-state index >= 15 is 0 Å². The van der Waals surface area contributed by atoms with Gasteiger partial charge >= 0.3 is 0 Å². The third kappa shape index (κ3) is 4.51. The number of para-hydroxylation sites is 1. The summed E-state index contributed by atoms with van der Waals surface area (Å²) in [5.74, 6) is 0.470. The van der Waals surface area contributed by atoms with Crippen LogP contribution in [0.15, 0.2) is 53.6 Å². The molecule has 2 aliphatic rings. The molecule has 0 unspecified atom stereocenters. The van der Waals surface area contributed by atoms with Gasteiger partial charge < -0.3 is 9.64 Å². The van der Waals surface area contributed by atoms with Gasteiger partial charge in [0.05, 0.1) is 11.7 Å². The van der Waals surface area contributed by atoms with Crippen molar-refractivity contribution >= 4 is 10.0 Å². The number of fused-ring (bicyclic) bond motifs is 2. The van der Waals surface area contributed by atoms with Gasteiger partial charge in [-0.2, -0.15) is 4.31 Å². The summed E-state index contributed by atoms with van der Waals surface area (Å²) in [4.78, 5) is 9.09. The van der Waals surface area contributed by atoms with Gasteiger partial charge in [0, 0.05) is 38.9 Å². The molecule has 1 fully saturated rings. The van der Waals surface area contributed by atoms with E-state index in [4.69, 9.17) is 4.74 Å². The molecule has 0 bridgehead atoms. The maximum Gasteiger partial charge on any atom is 0.247 e. The van der Waals surface area contributed by atoms with Crippen LogP contribution < -0.4 is 4.74 Å². The second-order valence-electron chi connectivity index (χ2n) is 8.26. The summed E-state index contributed by atoms with van der Waals surface area (Å²) in [7, 11) is 0.306. The Bertz CT molecular complexity index is 952. The van der Waals surface area contributed by atoms with Crippen molar-refractivity contribution in [1.29, 1.82) is 0 Å². The van der Waals surface area contributed by atoms with Gasteiger partial charge in [0.1, 0.15) is 16.7 Å². The lowest BCUT2D eigenvalue weighted by Gasteiger charge is -2.32. The van der Waals surface area contributed by atoms with Crippen LogP contribution in [0.3, 0.4) is 0 Å². The lowest BCUT2D eigenvalue weighted by atomic mass is 10.1. The number of hydrogen-bond donors (Lipinski definition) is 0. The maximum absolute atomic E-state index is 13.6. The van der Waals surface area contributed by atoms with Crippen LogP contribution in [0.1, 0.15) is 18.5 Å². The molecule has 30 heavy (non-hydrogen) atoms. The van der Waals surface area contributed by atoms with E-state index in [0.717, 1.165) is 38.2 Å². The largest absolute Gasteiger partial charge is 0.487 e. The first kappa shape index (κ1) is 21.2. The predicted molar refractivity (Wildman–Crippen MR) is 116 cm³/mol. The van der Waals surface area contributed by atoms with Gasteiger partial charge in [-0.15, -0.1) is 0 Å². The smallest absolute Gasteiger partial charge is 0.247 e. The molecule has 1 aromatic carbocycles. The van der Waals surface area contributed by atoms with Crippen molar-refractivity contribution in [2.24, 2.45) is 0 Å². The number of nitrogens with zero attached hydrogens (tertiary/aromatic N) is 4. The van der Waals surface area contributed by atoms with E-state index in [-0.39, 0.29) is 17.0 Å². The minimum absolute atomic E-state index is 0.167. The molecule has 4 rings (SSSR count). The van der Waals surface area contributed by atoms with Crippen molar-refractivity contribution in [3.8, 4) is 5.75 Å². The summed E-state index contributed by atoms with van der Waals surface area (Å²) in [5.41, 5.74) is 1.03. The first-order chi connectivity index (χ1) is 14.4. The van der Waals surface area contributed by atoms with E-state index in [2.05, 4.69) is 9.88 Å². The van der Waals surface area contributed by atoms with Crippen LogP contribution in [0.2, 0.25) is 0 Å². The minimum atomic E-state index is -3.63. The predicted octanol–water partition coefficient (Wildman–Crippen LogP) is 2.06. The summed E-state index contributed by atoms with van der Waals surface area (Å²) in [6.45, 7) is 3.55. The van der Waals surface area contributed by atoms with Crippen LogP contribution in [0.25, 0.3) is 0 Å². The van der Waals surface area contributed by atoms with Crippen molar-refractivity contribution < 1.29 is 13.2 Å². The zero-order chi connectivity index (χ0) is 21.1. The average Bonchev–Trinajstić information content (AvgIpc) is 2.96. The Morgan fingerprint density at radius 1 is 1.10 bits per heavy atom. The molecule has 0 aliphatic carbocycles. The number of rotatable bonds is 5. The van der Waals surface area contributed by atoms with Gasteiger partial charge in [0.2, 0.25) is 10.0 Å². The van der Waals surface area contributed by atoms with Crippen LogP contribution in [0.4, 0.5) is 0 Å². The molecule has 2 aromatic rings. The van der Waals surface area contributed by atoms with Gasteiger partial charge in [0.15, 0.2) is 0 Å². The monoisotopic (exact) mass is 430 g/mol. The summed E-state index contributed by atoms with van der Waals surface area (Å²) in [6, 6.07) is 12.8. The first-order valence-electron chi connectivity index (χ1n) is 10.5. The highest BCUT2D eigenvalue weighted by atomic mass is 32.2.